The number of hydrogen-bond acceptors (Lipinski definition) is 4. The first kappa shape index (κ1) is 18.9. The number of cyclic esters (lactones) is 2. The largest absolute Gasteiger partial charge is 0.508 e. The van der Waals surface area contributed by atoms with Gasteiger partial charge in [0.1, 0.15) is 13.2 Å². The van der Waals surface area contributed by atoms with Gasteiger partial charge >= 0.3 is 6.16 Å². The van der Waals surface area contributed by atoms with Crippen molar-refractivity contribution in [1.82, 2.24) is 0 Å². The average molecular weight is 312 g/mol. The molecule has 4 unspecified atom stereocenters. The van der Waals surface area contributed by atoms with Crippen LogP contribution in [0, 0.1) is 23.7 Å². The molecular formula is C18H32O4. The Bertz CT molecular complexity index is 375. The number of carbonyl (C=O) groups is 1. The first-order valence-corrected chi connectivity index (χ1v) is 8.62. The van der Waals surface area contributed by atoms with Crippen LogP contribution in [0.25, 0.3) is 0 Å². The van der Waals surface area contributed by atoms with Crippen LogP contribution in [0.5, 0.6) is 0 Å². The highest BCUT2D eigenvalue weighted by Gasteiger charge is 2.28. The van der Waals surface area contributed by atoms with Gasteiger partial charge in [0.05, 0.1) is 5.76 Å². The Kier molecular flexibility index (Phi) is 7.77. The summed E-state index contributed by atoms with van der Waals surface area (Å²) >= 11 is 0. The van der Waals surface area contributed by atoms with Crippen LogP contribution < -0.4 is 0 Å². The first-order chi connectivity index (χ1) is 10.5. The van der Waals surface area contributed by atoms with Crippen molar-refractivity contribution in [3.05, 3.63) is 11.8 Å². The molecule has 0 radical (unpaired) electrons. The third-order valence-electron chi connectivity index (χ3n) is 4.53. The summed E-state index contributed by atoms with van der Waals surface area (Å²) in [4.78, 5) is 10.9. The fourth-order valence-corrected chi connectivity index (χ4v) is 2.82. The smallest absolute Gasteiger partial charge is 0.494 e. The summed E-state index contributed by atoms with van der Waals surface area (Å²) < 4.78 is 15.7. The third kappa shape index (κ3) is 5.54. The van der Waals surface area contributed by atoms with Gasteiger partial charge in [0.15, 0.2) is 6.10 Å². The van der Waals surface area contributed by atoms with Gasteiger partial charge in [-0.1, -0.05) is 41.5 Å². The minimum Gasteiger partial charge on any atom is -0.494 e. The van der Waals surface area contributed by atoms with Crippen molar-refractivity contribution in [1.29, 1.82) is 0 Å². The molecule has 0 saturated carbocycles. The Hall–Kier alpha value is -1.19. The molecule has 4 heteroatoms. The maximum Gasteiger partial charge on any atom is 0.508 e. The zero-order valence-corrected chi connectivity index (χ0v) is 14.9. The Balaban J connectivity index is 0.00000116. The van der Waals surface area contributed by atoms with Crippen molar-refractivity contribution in [2.45, 2.75) is 60.5 Å². The monoisotopic (exact) mass is 312 g/mol. The van der Waals surface area contributed by atoms with E-state index in [4.69, 9.17) is 14.2 Å². The maximum absolute atomic E-state index is 10.9. The lowest BCUT2D eigenvalue weighted by molar-refractivity contribution is 0.0703. The normalized spacial score (nSPS) is 31.4. The van der Waals surface area contributed by atoms with Gasteiger partial charge in [-0.3, -0.25) is 0 Å². The van der Waals surface area contributed by atoms with Crippen LogP contribution in [0.15, 0.2) is 11.8 Å². The van der Waals surface area contributed by atoms with Crippen LogP contribution in [0.1, 0.15) is 54.4 Å². The van der Waals surface area contributed by atoms with E-state index >= 15 is 0 Å². The molecular weight excluding hydrogens is 280 g/mol. The van der Waals surface area contributed by atoms with E-state index in [1.807, 2.05) is 13.8 Å². The topological polar surface area (TPSA) is 44.8 Å². The van der Waals surface area contributed by atoms with E-state index in [9.17, 15) is 4.79 Å². The van der Waals surface area contributed by atoms with Crippen LogP contribution in [0.4, 0.5) is 4.79 Å². The van der Waals surface area contributed by atoms with Gasteiger partial charge in [-0.05, 0) is 36.2 Å². The predicted octanol–water partition coefficient (Wildman–Crippen LogP) is 4.79. The van der Waals surface area contributed by atoms with Crippen LogP contribution in [0.2, 0.25) is 0 Å². The Morgan fingerprint density at radius 3 is 2.55 bits per heavy atom. The molecule has 0 N–H and O–H groups in total. The van der Waals surface area contributed by atoms with E-state index in [2.05, 4.69) is 33.8 Å². The average Bonchev–Trinajstić information content (AvgIpc) is 2.84. The van der Waals surface area contributed by atoms with E-state index in [1.54, 1.807) is 0 Å². The lowest BCUT2D eigenvalue weighted by Crippen LogP contribution is -2.19. The molecule has 0 aromatic carbocycles. The first-order valence-electron chi connectivity index (χ1n) is 8.62. The molecule has 0 aromatic heterocycles. The molecule has 128 valence electrons. The molecule has 4 atom stereocenters. The maximum atomic E-state index is 10.9. The highest BCUT2D eigenvalue weighted by molar-refractivity contribution is 5.61. The van der Waals surface area contributed by atoms with Crippen LogP contribution in [-0.4, -0.2) is 25.5 Å². The Morgan fingerprint density at radius 1 is 1.32 bits per heavy atom. The summed E-state index contributed by atoms with van der Waals surface area (Å²) in [5, 5.41) is 0. The van der Waals surface area contributed by atoms with Gasteiger partial charge in [-0.15, -0.1) is 0 Å². The standard InChI is InChI=1S/C16H26O4.C2H6/c1-10(2)13-5-11(3)12(4)6-14(7-13)18-8-15-9-19-16(17)20-15;1-2/h6,10-13,15H,5,7-9H2,1-4H3;1-2H3. The van der Waals surface area contributed by atoms with Crippen LogP contribution >= 0.6 is 0 Å². The molecule has 0 aromatic rings. The molecule has 22 heavy (non-hydrogen) atoms. The van der Waals surface area contributed by atoms with Gasteiger partial charge in [0.2, 0.25) is 0 Å². The Labute approximate surface area is 135 Å². The van der Waals surface area contributed by atoms with Crippen LogP contribution in [-0.2, 0) is 14.2 Å². The van der Waals surface area contributed by atoms with Gasteiger partial charge < -0.3 is 14.2 Å². The quantitative estimate of drug-likeness (QED) is 0.700. The molecule has 4 nitrogen and oxygen atoms in total. The van der Waals surface area contributed by atoms with Crippen molar-refractivity contribution >= 4 is 6.16 Å². The number of ether oxygens (including phenoxy) is 3. The fourth-order valence-electron chi connectivity index (χ4n) is 2.82. The molecule has 0 bridgehead atoms. The van der Waals surface area contributed by atoms with Crippen LogP contribution in [0.3, 0.4) is 0 Å². The zero-order valence-electron chi connectivity index (χ0n) is 14.9. The molecule has 1 fully saturated rings. The minimum absolute atomic E-state index is 0.267. The number of rotatable bonds is 4. The number of allylic oxidation sites excluding steroid dienone is 2. The summed E-state index contributed by atoms with van der Waals surface area (Å²) in [6.07, 6.45) is 3.61. The summed E-state index contributed by atoms with van der Waals surface area (Å²) in [6, 6.07) is 0. The summed E-state index contributed by atoms with van der Waals surface area (Å²) in [5.41, 5.74) is 0. The van der Waals surface area contributed by atoms with Gasteiger partial charge in [0.25, 0.3) is 0 Å². The van der Waals surface area contributed by atoms with Crippen molar-refractivity contribution in [3.63, 3.8) is 0 Å². The second kappa shape index (κ2) is 9.06. The molecule has 1 aliphatic heterocycles. The van der Waals surface area contributed by atoms with Crippen molar-refractivity contribution in [2.75, 3.05) is 13.2 Å². The summed E-state index contributed by atoms with van der Waals surface area (Å²) in [6.45, 7) is 13.8. The summed E-state index contributed by atoms with van der Waals surface area (Å²) in [7, 11) is 0. The van der Waals surface area contributed by atoms with Crippen molar-refractivity contribution in [2.24, 2.45) is 23.7 Å². The molecule has 2 aliphatic rings. The Morgan fingerprint density at radius 2 is 2.00 bits per heavy atom. The van der Waals surface area contributed by atoms with Crippen molar-refractivity contribution < 1.29 is 19.0 Å². The second-order valence-corrected chi connectivity index (χ2v) is 6.53. The highest BCUT2D eigenvalue weighted by atomic mass is 16.8. The molecule has 1 aliphatic carbocycles. The van der Waals surface area contributed by atoms with Gasteiger partial charge in [-0.2, -0.15) is 0 Å². The van der Waals surface area contributed by atoms with E-state index in [0.29, 0.717) is 36.9 Å². The number of carbonyl (C=O) groups excluding carboxylic acids is 1. The lowest BCUT2D eigenvalue weighted by atomic mass is 9.83. The second-order valence-electron chi connectivity index (χ2n) is 6.53. The molecule has 2 rings (SSSR count). The summed E-state index contributed by atoms with van der Waals surface area (Å²) in [5.74, 6) is 3.56. The van der Waals surface area contributed by atoms with E-state index in [-0.39, 0.29) is 6.10 Å². The molecule has 0 spiro atoms. The lowest BCUT2D eigenvalue weighted by Gasteiger charge is -2.23. The van der Waals surface area contributed by atoms with Gasteiger partial charge in [-0.25, -0.2) is 4.79 Å². The highest BCUT2D eigenvalue weighted by Crippen LogP contribution is 2.35. The zero-order chi connectivity index (χ0) is 16.7. The SMILES string of the molecule is CC.CC(C)C1CC(OCC2COC(=O)O2)=CC(C)C(C)C1. The van der Waals surface area contributed by atoms with Gasteiger partial charge in [0, 0.05) is 6.42 Å². The predicted molar refractivity (Wildman–Crippen MR) is 87.5 cm³/mol. The van der Waals surface area contributed by atoms with Crippen molar-refractivity contribution in [3.8, 4) is 0 Å². The minimum atomic E-state index is -0.588. The molecule has 1 heterocycles. The van der Waals surface area contributed by atoms with E-state index in [0.717, 1.165) is 12.2 Å². The molecule has 0 amide bonds. The van der Waals surface area contributed by atoms with E-state index < -0.39 is 6.16 Å². The third-order valence-corrected chi connectivity index (χ3v) is 4.53. The van der Waals surface area contributed by atoms with E-state index in [1.165, 1.54) is 6.42 Å². The molecule has 1 saturated heterocycles. The fraction of sp³-hybridized carbons (Fsp3) is 0.833. The number of hydrogen-bond donors (Lipinski definition) is 0.